The number of nitrogens with zero attached hydrogens (tertiary/aromatic N) is 2. The van der Waals surface area contributed by atoms with E-state index in [4.69, 9.17) is 0 Å². The number of nitrogens with one attached hydrogen (secondary N) is 1. The molecule has 0 radical (unpaired) electrons. The first-order valence-electron chi connectivity index (χ1n) is 4.71. The number of thiol groups is 1. The molecule has 5 nitrogen and oxygen atoms in total. The predicted molar refractivity (Wildman–Crippen MR) is 61.9 cm³/mol. The molecule has 2 aromatic rings. The molecule has 1 heterocycles. The van der Waals surface area contributed by atoms with E-state index in [1.165, 1.54) is 24.3 Å². The Morgan fingerprint density at radius 3 is 2.53 bits per heavy atom. The Hall–Kier alpha value is -1.89. The van der Waals surface area contributed by atoms with Crippen molar-refractivity contribution < 1.29 is 4.39 Å². The average molecular weight is 253 g/mol. The lowest BCUT2D eigenvalue weighted by Crippen LogP contribution is -2.37. The van der Waals surface area contributed by atoms with Gasteiger partial charge in [-0.3, -0.25) is 4.98 Å². The van der Waals surface area contributed by atoms with E-state index in [0.29, 0.717) is 5.56 Å². The molecule has 17 heavy (non-hydrogen) atoms. The van der Waals surface area contributed by atoms with Crippen molar-refractivity contribution in [2.75, 3.05) is 0 Å². The molecule has 0 aliphatic carbocycles. The molecule has 1 aromatic carbocycles. The van der Waals surface area contributed by atoms with Crippen LogP contribution in [0.15, 0.2) is 39.0 Å². The Kier molecular flexibility index (Phi) is 3.10. The summed E-state index contributed by atoms with van der Waals surface area (Å²) in [6, 6.07) is 5.51. The summed E-state index contributed by atoms with van der Waals surface area (Å²) in [4.78, 5) is 28.7. The zero-order valence-electron chi connectivity index (χ0n) is 8.55. The second-order valence-corrected chi connectivity index (χ2v) is 3.78. The lowest BCUT2D eigenvalue weighted by molar-refractivity contribution is 0.618. The van der Waals surface area contributed by atoms with Crippen LogP contribution in [0.25, 0.3) is 0 Å². The number of aromatic nitrogens is 3. The maximum atomic E-state index is 12.7. The fraction of sp³-hybridized carbons (Fsp3) is 0.100. The highest BCUT2D eigenvalue weighted by atomic mass is 32.1. The Bertz CT molecular complexity index is 617. The van der Waals surface area contributed by atoms with Crippen molar-refractivity contribution >= 4 is 12.6 Å². The van der Waals surface area contributed by atoms with Gasteiger partial charge in [-0.2, -0.15) is 4.98 Å². The van der Waals surface area contributed by atoms with Crippen LogP contribution in [0.1, 0.15) is 5.56 Å². The topological polar surface area (TPSA) is 67.8 Å². The van der Waals surface area contributed by atoms with E-state index in [9.17, 15) is 14.0 Å². The number of halogens is 1. The molecule has 1 N–H and O–H groups in total. The third kappa shape index (κ3) is 2.62. The zero-order chi connectivity index (χ0) is 12.4. The molecule has 0 atom stereocenters. The number of benzene rings is 1. The van der Waals surface area contributed by atoms with Crippen LogP contribution in [0, 0.1) is 5.82 Å². The third-order valence-corrected chi connectivity index (χ3v) is 2.36. The number of aromatic amines is 1. The summed E-state index contributed by atoms with van der Waals surface area (Å²) < 4.78 is 13.6. The van der Waals surface area contributed by atoms with Gasteiger partial charge < -0.3 is 0 Å². The Labute approximate surface area is 100 Å². The largest absolute Gasteiger partial charge is 0.354 e. The van der Waals surface area contributed by atoms with Gasteiger partial charge in [0.2, 0.25) is 0 Å². The molecule has 7 heteroatoms. The summed E-state index contributed by atoms with van der Waals surface area (Å²) in [5, 5.41) is -0.0321. The van der Waals surface area contributed by atoms with Crippen molar-refractivity contribution in [1.82, 2.24) is 14.5 Å². The Morgan fingerprint density at radius 1 is 1.29 bits per heavy atom. The molecule has 2 rings (SSSR count). The summed E-state index contributed by atoms with van der Waals surface area (Å²) in [5.41, 5.74) is -0.657. The summed E-state index contributed by atoms with van der Waals surface area (Å²) in [7, 11) is 0. The molecule has 0 fully saturated rings. The van der Waals surface area contributed by atoms with E-state index in [-0.39, 0.29) is 17.5 Å². The highest BCUT2D eigenvalue weighted by molar-refractivity contribution is 7.80. The van der Waals surface area contributed by atoms with Gasteiger partial charge in [0.1, 0.15) is 5.82 Å². The van der Waals surface area contributed by atoms with Crippen molar-refractivity contribution in [3.05, 3.63) is 56.6 Å². The maximum Gasteiger partial charge on any atom is 0.354 e. The van der Waals surface area contributed by atoms with Gasteiger partial charge >= 0.3 is 11.4 Å². The van der Waals surface area contributed by atoms with Crippen LogP contribution in [-0.2, 0) is 6.54 Å². The van der Waals surface area contributed by atoms with Gasteiger partial charge in [-0.15, -0.1) is 12.6 Å². The molecule has 0 saturated carbocycles. The molecule has 0 aliphatic rings. The van der Waals surface area contributed by atoms with E-state index >= 15 is 0 Å². The quantitative estimate of drug-likeness (QED) is 0.762. The minimum absolute atomic E-state index is 0.0321. The number of H-pyrrole nitrogens is 1. The summed E-state index contributed by atoms with van der Waals surface area (Å²) in [6.07, 6.45) is 0. The Morgan fingerprint density at radius 2 is 1.94 bits per heavy atom. The fourth-order valence-electron chi connectivity index (χ4n) is 1.34. The van der Waals surface area contributed by atoms with Gasteiger partial charge in [-0.05, 0) is 17.7 Å². The van der Waals surface area contributed by atoms with Gasteiger partial charge in [0.15, 0.2) is 5.16 Å². The first kappa shape index (κ1) is 11.6. The third-order valence-electron chi connectivity index (χ3n) is 2.15. The second-order valence-electron chi connectivity index (χ2n) is 3.36. The second kappa shape index (κ2) is 4.54. The molecule has 0 spiro atoms. The van der Waals surface area contributed by atoms with Gasteiger partial charge in [0, 0.05) is 0 Å². The lowest BCUT2D eigenvalue weighted by atomic mass is 10.2. The summed E-state index contributed by atoms with van der Waals surface area (Å²) in [6.45, 7) is 0.0372. The van der Waals surface area contributed by atoms with Gasteiger partial charge in [0.05, 0.1) is 6.54 Å². The van der Waals surface area contributed by atoms with E-state index in [2.05, 4.69) is 22.6 Å². The van der Waals surface area contributed by atoms with Gasteiger partial charge in [0.25, 0.3) is 0 Å². The molecule has 0 bridgehead atoms. The summed E-state index contributed by atoms with van der Waals surface area (Å²) >= 11 is 3.78. The van der Waals surface area contributed by atoms with Gasteiger partial charge in [-0.1, -0.05) is 12.1 Å². The Balaban J connectivity index is 2.40. The molecule has 0 saturated heterocycles. The van der Waals surface area contributed by atoms with Crippen LogP contribution in [0.2, 0.25) is 0 Å². The number of hydrogen-bond acceptors (Lipinski definition) is 4. The van der Waals surface area contributed by atoms with Crippen LogP contribution in [0.3, 0.4) is 0 Å². The highest BCUT2D eigenvalue weighted by Gasteiger charge is 2.04. The van der Waals surface area contributed by atoms with E-state index < -0.39 is 11.4 Å². The van der Waals surface area contributed by atoms with E-state index in [1.807, 2.05) is 0 Å². The maximum absolute atomic E-state index is 12.7. The average Bonchev–Trinajstić information content (AvgIpc) is 2.26. The minimum atomic E-state index is -0.692. The molecule has 88 valence electrons. The first-order valence-corrected chi connectivity index (χ1v) is 5.15. The summed E-state index contributed by atoms with van der Waals surface area (Å²) in [5.74, 6) is -0.376. The van der Waals surface area contributed by atoms with Crippen LogP contribution in [0.5, 0.6) is 0 Å². The van der Waals surface area contributed by atoms with Crippen molar-refractivity contribution in [3.63, 3.8) is 0 Å². The molecule has 1 aromatic heterocycles. The zero-order valence-corrected chi connectivity index (χ0v) is 9.45. The lowest BCUT2D eigenvalue weighted by Gasteiger charge is -2.03. The standard InChI is InChI=1S/C10H8FN3O2S/c11-7-3-1-6(2-4-7)5-14-9(15)12-8(17)13-10(14)16/h1-4H,5H2,(H2,12,13,15,16,17). The number of rotatable bonds is 2. The number of hydrogen-bond donors (Lipinski definition) is 2. The molecule has 0 unspecified atom stereocenters. The normalized spacial score (nSPS) is 10.5. The smallest absolute Gasteiger partial charge is 0.286 e. The van der Waals surface area contributed by atoms with Crippen LogP contribution >= 0.6 is 12.6 Å². The highest BCUT2D eigenvalue weighted by Crippen LogP contribution is 2.02. The van der Waals surface area contributed by atoms with Crippen molar-refractivity contribution in [1.29, 1.82) is 0 Å². The predicted octanol–water partition coefficient (Wildman–Crippen LogP) is 0.408. The van der Waals surface area contributed by atoms with E-state index in [1.54, 1.807) is 0 Å². The SMILES string of the molecule is O=c1nc(S)[nH]c(=O)n1Cc1ccc(F)cc1. The van der Waals surface area contributed by atoms with Crippen LogP contribution < -0.4 is 11.4 Å². The fourth-order valence-corrected chi connectivity index (χ4v) is 1.52. The van der Waals surface area contributed by atoms with Crippen molar-refractivity contribution in [2.24, 2.45) is 0 Å². The van der Waals surface area contributed by atoms with Crippen LogP contribution in [0.4, 0.5) is 4.39 Å². The van der Waals surface area contributed by atoms with Gasteiger partial charge in [-0.25, -0.2) is 18.5 Å². The molecule has 0 amide bonds. The monoisotopic (exact) mass is 253 g/mol. The first-order chi connectivity index (χ1) is 8.06. The molecular weight excluding hydrogens is 245 g/mol. The van der Waals surface area contributed by atoms with Crippen molar-refractivity contribution in [3.8, 4) is 0 Å². The van der Waals surface area contributed by atoms with Crippen molar-refractivity contribution in [2.45, 2.75) is 11.7 Å². The molecular formula is C10H8FN3O2S. The van der Waals surface area contributed by atoms with Crippen LogP contribution in [-0.4, -0.2) is 14.5 Å². The molecule has 0 aliphatic heterocycles. The minimum Gasteiger partial charge on any atom is -0.286 e. The van der Waals surface area contributed by atoms with E-state index in [0.717, 1.165) is 4.57 Å².